The number of hydrogen-bond donors (Lipinski definition) is 2. The third-order valence-corrected chi connectivity index (χ3v) is 8.97. The highest BCUT2D eigenvalue weighted by molar-refractivity contribution is 7.89. The number of amides is 2. The van der Waals surface area contributed by atoms with Crippen LogP contribution in [0.2, 0.25) is 0 Å². The van der Waals surface area contributed by atoms with Gasteiger partial charge in [-0.05, 0) is 68.4 Å². The summed E-state index contributed by atoms with van der Waals surface area (Å²) in [5.41, 5.74) is 2.74. The van der Waals surface area contributed by atoms with E-state index in [4.69, 9.17) is 9.15 Å². The highest BCUT2D eigenvalue weighted by atomic mass is 32.2. The van der Waals surface area contributed by atoms with E-state index in [-0.39, 0.29) is 40.0 Å². The number of aryl methyl sites for hydroxylation is 2. The largest absolute Gasteiger partial charge is 0.457 e. The smallest absolute Gasteiger partial charge is 0.276 e. The summed E-state index contributed by atoms with van der Waals surface area (Å²) >= 11 is 0. The summed E-state index contributed by atoms with van der Waals surface area (Å²) in [5.74, 6) is 0.746. The van der Waals surface area contributed by atoms with Crippen LogP contribution in [-0.4, -0.2) is 55.7 Å². The summed E-state index contributed by atoms with van der Waals surface area (Å²) in [7, 11) is -2.22. The van der Waals surface area contributed by atoms with Crippen LogP contribution in [0.1, 0.15) is 63.4 Å². The van der Waals surface area contributed by atoms with Gasteiger partial charge >= 0.3 is 0 Å². The highest BCUT2D eigenvalue weighted by Crippen LogP contribution is 2.30. The van der Waals surface area contributed by atoms with Crippen molar-refractivity contribution in [1.29, 1.82) is 0 Å². The first-order valence-corrected chi connectivity index (χ1v) is 14.6. The second-order valence-corrected chi connectivity index (χ2v) is 11.8. The Morgan fingerprint density at radius 2 is 1.79 bits per heavy atom. The zero-order valence-corrected chi connectivity index (χ0v) is 22.8. The number of sulfonamides is 1. The molecule has 0 bridgehead atoms. The van der Waals surface area contributed by atoms with E-state index in [1.165, 1.54) is 22.1 Å². The van der Waals surface area contributed by atoms with Crippen LogP contribution in [0.3, 0.4) is 0 Å². The van der Waals surface area contributed by atoms with E-state index in [0.717, 1.165) is 37.7 Å². The van der Waals surface area contributed by atoms with Crippen LogP contribution < -0.4 is 15.4 Å². The minimum absolute atomic E-state index is 0.127. The lowest BCUT2D eigenvalue weighted by atomic mass is 9.88. The molecular weight excluding hydrogens is 520 g/mol. The van der Waals surface area contributed by atoms with Crippen molar-refractivity contribution in [3.63, 3.8) is 0 Å². The maximum absolute atomic E-state index is 13.1. The molecule has 1 aliphatic heterocycles. The van der Waals surface area contributed by atoms with Gasteiger partial charge in [-0.1, -0.05) is 12.5 Å². The van der Waals surface area contributed by atoms with Gasteiger partial charge in [-0.15, -0.1) is 0 Å². The van der Waals surface area contributed by atoms with Gasteiger partial charge in [-0.3, -0.25) is 14.6 Å². The monoisotopic (exact) mass is 552 g/mol. The Morgan fingerprint density at radius 3 is 2.56 bits per heavy atom. The van der Waals surface area contributed by atoms with Crippen molar-refractivity contribution < 1.29 is 27.2 Å². The molecule has 3 aromatic rings. The third kappa shape index (κ3) is 5.84. The predicted octanol–water partition coefficient (Wildman–Crippen LogP) is 3.60. The number of pyridine rings is 1. The number of fused-ring (bicyclic) bond motifs is 1. The van der Waals surface area contributed by atoms with E-state index in [1.54, 1.807) is 26.1 Å². The molecule has 1 unspecified atom stereocenters. The van der Waals surface area contributed by atoms with Gasteiger partial charge in [-0.2, -0.15) is 4.31 Å². The number of piperidine rings is 1. The molecular formula is C28H32N4O6S. The van der Waals surface area contributed by atoms with E-state index < -0.39 is 10.0 Å². The maximum Gasteiger partial charge on any atom is 0.276 e. The van der Waals surface area contributed by atoms with Crippen LogP contribution in [0.4, 0.5) is 0 Å². The average Bonchev–Trinajstić information content (AvgIpc) is 3.35. The first-order valence-electron chi connectivity index (χ1n) is 13.1. The van der Waals surface area contributed by atoms with Crippen LogP contribution in [0.5, 0.6) is 11.5 Å². The molecule has 0 saturated carbocycles. The second kappa shape index (κ2) is 11.2. The van der Waals surface area contributed by atoms with Crippen LogP contribution >= 0.6 is 0 Å². The number of nitrogens with zero attached hydrogens (tertiary/aromatic N) is 2. The number of carbonyl (C=O) groups excluding carboxylic acids is 2. The maximum atomic E-state index is 13.1. The number of nitrogens with one attached hydrogen (secondary N) is 2. The molecule has 0 spiro atoms. The van der Waals surface area contributed by atoms with Crippen molar-refractivity contribution in [2.24, 2.45) is 0 Å². The van der Waals surface area contributed by atoms with E-state index >= 15 is 0 Å². The van der Waals surface area contributed by atoms with Crippen LogP contribution in [0.25, 0.3) is 0 Å². The fraction of sp³-hybridized carbons (Fsp3) is 0.393. The Balaban J connectivity index is 1.26. The molecule has 11 heteroatoms. The molecule has 2 aromatic heterocycles. The molecule has 206 valence electrons. The van der Waals surface area contributed by atoms with E-state index in [9.17, 15) is 18.0 Å². The fourth-order valence-corrected chi connectivity index (χ4v) is 6.58. The molecule has 5 rings (SSSR count). The Hall–Kier alpha value is -3.70. The standard InChI is InChI=1S/C28H32N4O6S/c1-18-24(17-26(37-18)39(35,36)32-12-4-3-5-13-32)27(33)31-21-8-6-19-7-9-22(15-20(19)14-21)38-23-10-11-30-25(16-23)28(34)29-2/h7,9-11,15-17,21H,3-6,8,12-14H2,1-2H3,(H,29,34)(H,31,33). The minimum atomic E-state index is -3.76. The molecule has 1 atom stereocenters. The first-order chi connectivity index (χ1) is 18.7. The normalized spacial score (nSPS) is 17.7. The highest BCUT2D eigenvalue weighted by Gasteiger charge is 2.31. The quantitative estimate of drug-likeness (QED) is 0.458. The van der Waals surface area contributed by atoms with Gasteiger partial charge in [0.2, 0.25) is 5.09 Å². The Bertz CT molecular complexity index is 1490. The fourth-order valence-electron chi connectivity index (χ4n) is 5.09. The Labute approximate surface area is 227 Å². The summed E-state index contributed by atoms with van der Waals surface area (Å²) < 4.78 is 39.0. The summed E-state index contributed by atoms with van der Waals surface area (Å²) in [6.07, 6.45) is 6.32. The van der Waals surface area contributed by atoms with Gasteiger partial charge in [0.15, 0.2) is 0 Å². The molecule has 0 radical (unpaired) electrons. The average molecular weight is 553 g/mol. The summed E-state index contributed by atoms with van der Waals surface area (Å²) in [4.78, 5) is 29.1. The summed E-state index contributed by atoms with van der Waals surface area (Å²) in [6, 6.07) is 10.3. The number of carbonyl (C=O) groups is 2. The molecule has 1 aromatic carbocycles. The zero-order valence-electron chi connectivity index (χ0n) is 22.0. The van der Waals surface area contributed by atoms with Crippen molar-refractivity contribution in [2.75, 3.05) is 20.1 Å². The number of benzene rings is 1. The molecule has 10 nitrogen and oxygen atoms in total. The van der Waals surface area contributed by atoms with Gasteiger partial charge in [0.05, 0.1) is 5.56 Å². The van der Waals surface area contributed by atoms with Gasteiger partial charge in [0.25, 0.3) is 21.8 Å². The topological polar surface area (TPSA) is 131 Å². The zero-order chi connectivity index (χ0) is 27.6. The molecule has 1 fully saturated rings. The molecule has 39 heavy (non-hydrogen) atoms. The third-order valence-electron chi connectivity index (χ3n) is 7.22. The lowest BCUT2D eigenvalue weighted by molar-refractivity contribution is 0.0929. The van der Waals surface area contributed by atoms with Crippen LogP contribution in [0, 0.1) is 6.92 Å². The molecule has 2 amide bonds. The number of ether oxygens (including phenoxy) is 1. The number of hydrogen-bond acceptors (Lipinski definition) is 7. The molecule has 1 saturated heterocycles. The van der Waals surface area contributed by atoms with Crippen LogP contribution in [0.15, 0.2) is 52.1 Å². The van der Waals surface area contributed by atoms with E-state index in [1.807, 2.05) is 18.2 Å². The van der Waals surface area contributed by atoms with Crippen molar-refractivity contribution in [3.05, 3.63) is 70.7 Å². The van der Waals surface area contributed by atoms with Crippen molar-refractivity contribution in [2.45, 2.75) is 56.6 Å². The SMILES string of the molecule is CNC(=O)c1cc(Oc2ccc3c(c2)CC(NC(=O)c2cc(S(=O)(=O)N4CCCCC4)oc2C)CC3)ccn1. The predicted molar refractivity (Wildman–Crippen MR) is 143 cm³/mol. The van der Waals surface area contributed by atoms with E-state index in [2.05, 4.69) is 15.6 Å². The molecule has 3 heterocycles. The number of aromatic nitrogens is 1. The van der Waals surface area contributed by atoms with Gasteiger partial charge in [-0.25, -0.2) is 8.42 Å². The summed E-state index contributed by atoms with van der Waals surface area (Å²) in [5, 5.41) is 5.42. The number of furan rings is 1. The van der Waals surface area contributed by atoms with Gasteiger partial charge in [0, 0.05) is 44.5 Å². The lowest BCUT2D eigenvalue weighted by Crippen LogP contribution is -2.39. The van der Waals surface area contributed by atoms with E-state index in [0.29, 0.717) is 31.0 Å². The molecule has 2 N–H and O–H groups in total. The minimum Gasteiger partial charge on any atom is -0.457 e. The van der Waals surface area contributed by atoms with Gasteiger partial charge < -0.3 is 19.8 Å². The summed E-state index contributed by atoms with van der Waals surface area (Å²) in [6.45, 7) is 2.54. The molecule has 1 aliphatic carbocycles. The Kier molecular flexibility index (Phi) is 7.72. The van der Waals surface area contributed by atoms with Crippen molar-refractivity contribution in [3.8, 4) is 11.5 Å². The second-order valence-electron chi connectivity index (χ2n) is 9.90. The molecule has 2 aliphatic rings. The lowest BCUT2D eigenvalue weighted by Gasteiger charge is -2.26. The first kappa shape index (κ1) is 26.9. The van der Waals surface area contributed by atoms with Gasteiger partial charge in [0.1, 0.15) is 23.0 Å². The Morgan fingerprint density at radius 1 is 1.03 bits per heavy atom. The van der Waals surface area contributed by atoms with Crippen molar-refractivity contribution in [1.82, 2.24) is 19.9 Å². The van der Waals surface area contributed by atoms with Crippen LogP contribution in [-0.2, 0) is 22.9 Å². The number of rotatable bonds is 7. The van der Waals surface area contributed by atoms with Crippen molar-refractivity contribution >= 4 is 21.8 Å².